The van der Waals surface area contributed by atoms with E-state index >= 15 is 0 Å². The fraction of sp³-hybridized carbons (Fsp3) is 0.406. The molecule has 0 fully saturated rings. The van der Waals surface area contributed by atoms with Crippen LogP contribution in [0.3, 0.4) is 0 Å². The number of rotatable bonds is 13. The third-order valence-electron chi connectivity index (χ3n) is 7.73. The largest absolute Gasteiger partial charge is 0.478 e. The fourth-order valence-electron chi connectivity index (χ4n) is 5.71. The monoisotopic (exact) mass is 580 g/mol. The van der Waals surface area contributed by atoms with Crippen LogP contribution in [0.5, 0.6) is 0 Å². The number of carbonyl (C=O) groups is 1. The van der Waals surface area contributed by atoms with Gasteiger partial charge < -0.3 is 20.3 Å². The van der Waals surface area contributed by atoms with Crippen molar-refractivity contribution in [3.8, 4) is 11.1 Å². The second-order valence-corrected chi connectivity index (χ2v) is 13.6. The van der Waals surface area contributed by atoms with Crippen molar-refractivity contribution in [2.24, 2.45) is 5.92 Å². The molecule has 0 amide bonds. The molecule has 4 rings (SSSR count). The van der Waals surface area contributed by atoms with Crippen LogP contribution in [0.15, 0.2) is 71.6 Å². The number of methoxy groups -OCH3 is 1. The Morgan fingerprint density at radius 1 is 1.05 bits per heavy atom. The zero-order chi connectivity index (χ0) is 29.8. The number of carboxylic acids is 1. The number of likely N-dealkylation sites (N-methyl/N-ethyl adjacent to an activating group) is 1. The molecule has 3 N–H and O–H groups in total. The quantitative estimate of drug-likeness (QED) is 0.275. The highest BCUT2D eigenvalue weighted by molar-refractivity contribution is 7.89. The maximum absolute atomic E-state index is 13.4. The molecule has 1 unspecified atom stereocenters. The number of benzene rings is 3. The summed E-state index contributed by atoms with van der Waals surface area (Å²) in [5, 5.41) is 23.6. The molecule has 1 aliphatic carbocycles. The molecule has 0 aliphatic heterocycles. The van der Waals surface area contributed by atoms with Gasteiger partial charge in [-0.2, -0.15) is 4.31 Å². The van der Waals surface area contributed by atoms with Crippen LogP contribution in [0.4, 0.5) is 0 Å². The third kappa shape index (κ3) is 7.61. The molecule has 8 nitrogen and oxygen atoms in total. The average Bonchev–Trinajstić information content (AvgIpc) is 3.33. The number of aromatic carboxylic acids is 1. The number of carboxylic acid groups (broad SMARTS) is 1. The average molecular weight is 581 g/mol. The van der Waals surface area contributed by atoms with Crippen LogP contribution in [0.25, 0.3) is 11.1 Å². The number of nitrogens with zero attached hydrogens (tertiary/aromatic N) is 1. The van der Waals surface area contributed by atoms with Crippen LogP contribution in [-0.4, -0.2) is 67.8 Å². The summed E-state index contributed by atoms with van der Waals surface area (Å²) < 4.78 is 33.1. The van der Waals surface area contributed by atoms with E-state index in [0.29, 0.717) is 22.6 Å². The predicted molar refractivity (Wildman–Crippen MR) is 159 cm³/mol. The van der Waals surface area contributed by atoms with Crippen LogP contribution in [0, 0.1) is 5.92 Å². The lowest BCUT2D eigenvalue weighted by Gasteiger charge is -2.31. The van der Waals surface area contributed by atoms with Crippen LogP contribution < -0.4 is 5.32 Å². The van der Waals surface area contributed by atoms with Gasteiger partial charge in [-0.25, -0.2) is 13.2 Å². The molecule has 3 aromatic carbocycles. The van der Waals surface area contributed by atoms with Gasteiger partial charge in [0.2, 0.25) is 10.0 Å². The topological polar surface area (TPSA) is 116 Å². The Morgan fingerprint density at radius 3 is 2.34 bits per heavy atom. The highest BCUT2D eigenvalue weighted by Gasteiger charge is 2.29. The Hall–Kier alpha value is -3.08. The molecule has 0 aromatic heterocycles. The Kier molecular flexibility index (Phi) is 9.66. The van der Waals surface area contributed by atoms with Crippen LogP contribution in [0.2, 0.25) is 0 Å². The van der Waals surface area contributed by atoms with Gasteiger partial charge in [0.1, 0.15) is 0 Å². The van der Waals surface area contributed by atoms with Crippen molar-refractivity contribution in [3.05, 3.63) is 89.0 Å². The Morgan fingerprint density at radius 2 is 1.71 bits per heavy atom. The summed E-state index contributed by atoms with van der Waals surface area (Å²) in [6, 6.07) is 19.9. The first-order chi connectivity index (χ1) is 19.4. The van der Waals surface area contributed by atoms with Gasteiger partial charge in [0.25, 0.3) is 0 Å². The molecule has 220 valence electrons. The van der Waals surface area contributed by atoms with E-state index in [2.05, 4.69) is 43.4 Å². The minimum absolute atomic E-state index is 0.0597. The zero-order valence-corrected chi connectivity index (χ0v) is 24.9. The van der Waals surface area contributed by atoms with Crippen LogP contribution >= 0.6 is 0 Å². The SMILES string of the molecule is COCc1cc(-c2cccc(S(=O)(=O)N(C)CC(O)CNC(C)(C)CC3Cc4ccccc4C3)c2)ccc1C(=O)O. The van der Waals surface area contributed by atoms with Crippen molar-refractivity contribution in [3.63, 3.8) is 0 Å². The predicted octanol–water partition coefficient (Wildman–Crippen LogP) is 4.35. The number of nitrogens with one attached hydrogen (secondary N) is 1. The molecule has 0 spiro atoms. The highest BCUT2D eigenvalue weighted by atomic mass is 32.2. The van der Waals surface area contributed by atoms with Crippen molar-refractivity contribution in [2.45, 2.75) is 56.3 Å². The Bertz CT molecular complexity index is 1460. The summed E-state index contributed by atoms with van der Waals surface area (Å²) >= 11 is 0. The van der Waals surface area contributed by atoms with Gasteiger partial charge >= 0.3 is 5.97 Å². The first-order valence-corrected chi connectivity index (χ1v) is 15.3. The molecule has 0 bridgehead atoms. The van der Waals surface area contributed by atoms with Gasteiger partial charge in [0.05, 0.1) is 23.2 Å². The van der Waals surface area contributed by atoms with E-state index in [1.807, 2.05) is 0 Å². The second kappa shape index (κ2) is 12.8. The number of fused-ring (bicyclic) bond motifs is 1. The third-order valence-corrected chi connectivity index (χ3v) is 9.55. The van der Waals surface area contributed by atoms with Gasteiger partial charge in [-0.05, 0) is 91.1 Å². The maximum atomic E-state index is 13.4. The molecule has 1 atom stereocenters. The standard InChI is InChI=1S/C32H40N2O6S/c1-32(2,18-22-14-23-8-5-6-9-24(23)15-22)33-19-28(35)20-34(3)41(38,39)29-11-7-10-25(17-29)26-12-13-30(31(36)37)27(16-26)21-40-4/h5-13,16-17,22,28,33,35H,14-15,18-21H2,1-4H3,(H,36,37). The summed E-state index contributed by atoms with van der Waals surface area (Å²) in [4.78, 5) is 11.6. The van der Waals surface area contributed by atoms with E-state index < -0.39 is 22.1 Å². The van der Waals surface area contributed by atoms with Gasteiger partial charge in [0.15, 0.2) is 0 Å². The molecule has 0 radical (unpaired) electrons. The molecule has 0 saturated carbocycles. The summed E-state index contributed by atoms with van der Waals surface area (Å²) in [6.45, 7) is 4.57. The smallest absolute Gasteiger partial charge is 0.336 e. The number of hydrogen-bond donors (Lipinski definition) is 3. The Labute approximate surface area is 243 Å². The lowest BCUT2D eigenvalue weighted by atomic mass is 9.88. The zero-order valence-electron chi connectivity index (χ0n) is 24.1. The van der Waals surface area contributed by atoms with Crippen molar-refractivity contribution in [1.29, 1.82) is 0 Å². The Balaban J connectivity index is 1.38. The van der Waals surface area contributed by atoms with E-state index in [1.54, 1.807) is 30.3 Å². The minimum atomic E-state index is -3.88. The van der Waals surface area contributed by atoms with E-state index in [4.69, 9.17) is 4.74 Å². The minimum Gasteiger partial charge on any atom is -0.478 e. The first kappa shape index (κ1) is 30.9. The van der Waals surface area contributed by atoms with Crippen molar-refractivity contribution >= 4 is 16.0 Å². The normalized spacial score (nSPS) is 14.8. The van der Waals surface area contributed by atoms with E-state index in [9.17, 15) is 23.4 Å². The van der Waals surface area contributed by atoms with Crippen molar-refractivity contribution < 1.29 is 28.2 Å². The molecule has 0 saturated heterocycles. The summed E-state index contributed by atoms with van der Waals surface area (Å²) in [6.07, 6.45) is 2.18. The van der Waals surface area contributed by atoms with E-state index in [0.717, 1.165) is 19.3 Å². The van der Waals surface area contributed by atoms with E-state index in [-0.39, 0.29) is 35.7 Å². The summed E-state index contributed by atoms with van der Waals surface area (Å²) in [5.74, 6) is -0.518. The lowest BCUT2D eigenvalue weighted by molar-refractivity contribution is 0.0692. The molecule has 1 aliphatic rings. The van der Waals surface area contributed by atoms with Crippen molar-refractivity contribution in [1.82, 2.24) is 9.62 Å². The fourth-order valence-corrected chi connectivity index (χ4v) is 6.97. The first-order valence-electron chi connectivity index (χ1n) is 13.8. The second-order valence-electron chi connectivity index (χ2n) is 11.6. The summed E-state index contributed by atoms with van der Waals surface area (Å²) in [5.41, 5.74) is 4.56. The van der Waals surface area contributed by atoms with Crippen molar-refractivity contribution in [2.75, 3.05) is 27.2 Å². The maximum Gasteiger partial charge on any atom is 0.336 e. The van der Waals surface area contributed by atoms with Gasteiger partial charge in [-0.1, -0.05) is 42.5 Å². The molecular formula is C32H40N2O6S. The molecule has 9 heteroatoms. The van der Waals surface area contributed by atoms with Crippen LogP contribution in [0.1, 0.15) is 47.3 Å². The lowest BCUT2D eigenvalue weighted by Crippen LogP contribution is -2.47. The molecule has 0 heterocycles. The summed E-state index contributed by atoms with van der Waals surface area (Å²) in [7, 11) is -0.933. The van der Waals surface area contributed by atoms with Gasteiger partial charge in [0, 0.05) is 32.8 Å². The molecular weight excluding hydrogens is 540 g/mol. The molecule has 3 aromatic rings. The number of sulfonamides is 1. The number of hydrogen-bond acceptors (Lipinski definition) is 6. The highest BCUT2D eigenvalue weighted by Crippen LogP contribution is 2.32. The van der Waals surface area contributed by atoms with Gasteiger partial charge in [-0.15, -0.1) is 0 Å². The van der Waals surface area contributed by atoms with Crippen LogP contribution in [-0.2, 0) is 34.2 Å². The number of ether oxygens (including phenoxy) is 1. The number of aliphatic hydroxyl groups excluding tert-OH is 1. The van der Waals surface area contributed by atoms with Gasteiger partial charge in [-0.3, -0.25) is 0 Å². The van der Waals surface area contributed by atoms with E-state index in [1.165, 1.54) is 41.7 Å². The number of β-amino-alcohol motifs (C(OH)–C–C–N with tert-alkyl or cyclic N) is 1. The number of aliphatic hydroxyl groups is 1. The molecule has 41 heavy (non-hydrogen) atoms.